The number of hydrogen-bond acceptors (Lipinski definition) is 4. The van der Waals surface area contributed by atoms with Crippen LogP contribution in [0.15, 0.2) is 30.5 Å². The molecule has 0 bridgehead atoms. The molecule has 5 heteroatoms. The molecule has 1 aliphatic rings. The third kappa shape index (κ3) is 2.55. The van der Waals surface area contributed by atoms with Gasteiger partial charge >= 0.3 is 0 Å². The monoisotopic (exact) mass is 312 g/mol. The Morgan fingerprint density at radius 3 is 2.77 bits per heavy atom. The molecular weight excluding hydrogens is 292 g/mol. The lowest BCUT2D eigenvalue weighted by molar-refractivity contribution is 0.324. The van der Waals surface area contributed by atoms with Crippen molar-refractivity contribution in [2.24, 2.45) is 0 Å². The minimum absolute atomic E-state index is 0.958. The van der Waals surface area contributed by atoms with Crippen LogP contribution in [0.25, 0.3) is 21.9 Å². The predicted octanol–water partition coefficient (Wildman–Crippen LogP) is 3.56. The number of likely N-dealkylation sites (tertiary alicyclic amines) is 1. The van der Waals surface area contributed by atoms with Gasteiger partial charge in [0.05, 0.1) is 4.88 Å². The molecule has 0 aromatic carbocycles. The zero-order valence-corrected chi connectivity index (χ0v) is 13.6. The predicted molar refractivity (Wildman–Crippen MR) is 91.3 cm³/mol. The minimum Gasteiger partial charge on any atom is -0.307 e. The molecule has 0 aliphatic carbocycles. The van der Waals surface area contributed by atoms with E-state index < -0.39 is 0 Å². The van der Waals surface area contributed by atoms with Crippen molar-refractivity contribution in [2.75, 3.05) is 19.6 Å². The van der Waals surface area contributed by atoms with E-state index in [0.717, 1.165) is 30.1 Å². The number of aryl methyl sites for hydroxylation is 1. The molecule has 22 heavy (non-hydrogen) atoms. The normalized spacial score (nSPS) is 15.9. The summed E-state index contributed by atoms with van der Waals surface area (Å²) in [6, 6.07) is 8.35. The lowest BCUT2D eigenvalue weighted by Gasteiger charge is -2.16. The molecule has 4 heterocycles. The van der Waals surface area contributed by atoms with Crippen LogP contribution in [0.2, 0.25) is 0 Å². The smallest absolute Gasteiger partial charge is 0.160 e. The van der Waals surface area contributed by atoms with Gasteiger partial charge in [0.25, 0.3) is 0 Å². The number of imidazole rings is 1. The summed E-state index contributed by atoms with van der Waals surface area (Å²) in [5.74, 6) is 1.06. The molecule has 0 saturated carbocycles. The van der Waals surface area contributed by atoms with E-state index in [1.807, 2.05) is 12.3 Å². The van der Waals surface area contributed by atoms with Gasteiger partial charge in [-0.3, -0.25) is 0 Å². The zero-order chi connectivity index (χ0) is 14.9. The summed E-state index contributed by atoms with van der Waals surface area (Å²) in [6.07, 6.45) is 4.53. The second-order valence-electron chi connectivity index (χ2n) is 5.89. The number of nitrogens with zero attached hydrogens (tertiary/aromatic N) is 4. The first-order chi connectivity index (χ1) is 10.8. The van der Waals surface area contributed by atoms with Crippen LogP contribution < -0.4 is 0 Å². The summed E-state index contributed by atoms with van der Waals surface area (Å²) in [7, 11) is 0. The maximum Gasteiger partial charge on any atom is 0.160 e. The van der Waals surface area contributed by atoms with Crippen LogP contribution in [0, 0.1) is 6.92 Å². The van der Waals surface area contributed by atoms with Crippen LogP contribution in [0.5, 0.6) is 0 Å². The van der Waals surface area contributed by atoms with Crippen LogP contribution in [0.1, 0.15) is 17.7 Å². The Kier molecular flexibility index (Phi) is 3.68. The zero-order valence-electron chi connectivity index (χ0n) is 12.8. The number of rotatable bonds is 4. The van der Waals surface area contributed by atoms with E-state index in [0.29, 0.717) is 0 Å². The molecule has 0 radical (unpaired) electrons. The van der Waals surface area contributed by atoms with E-state index in [9.17, 15) is 0 Å². The summed E-state index contributed by atoms with van der Waals surface area (Å²) >= 11 is 1.80. The third-order valence-corrected chi connectivity index (χ3v) is 5.30. The summed E-state index contributed by atoms with van der Waals surface area (Å²) in [5, 5.41) is 0. The highest BCUT2D eigenvalue weighted by Crippen LogP contribution is 2.29. The second kappa shape index (κ2) is 5.82. The molecule has 0 unspecified atom stereocenters. The van der Waals surface area contributed by atoms with Crippen molar-refractivity contribution in [3.8, 4) is 10.7 Å². The van der Waals surface area contributed by atoms with Gasteiger partial charge in [-0.15, -0.1) is 11.3 Å². The van der Waals surface area contributed by atoms with Gasteiger partial charge in [0.1, 0.15) is 5.52 Å². The average Bonchev–Trinajstić information content (AvgIpc) is 3.24. The first-order valence-electron chi connectivity index (χ1n) is 7.92. The summed E-state index contributed by atoms with van der Waals surface area (Å²) in [5.41, 5.74) is 1.99. The molecule has 0 N–H and O–H groups in total. The highest BCUT2D eigenvalue weighted by atomic mass is 32.1. The highest BCUT2D eigenvalue weighted by Gasteiger charge is 2.17. The molecular formula is C17H20N4S. The van der Waals surface area contributed by atoms with Gasteiger partial charge in [0.2, 0.25) is 0 Å². The first kappa shape index (κ1) is 13.9. The molecule has 1 aliphatic heterocycles. The summed E-state index contributed by atoms with van der Waals surface area (Å²) in [4.78, 5) is 14.5. The number of thiophene rings is 1. The van der Waals surface area contributed by atoms with Gasteiger partial charge in [-0.25, -0.2) is 9.97 Å². The van der Waals surface area contributed by atoms with Crippen molar-refractivity contribution in [3.05, 3.63) is 35.3 Å². The van der Waals surface area contributed by atoms with Crippen molar-refractivity contribution in [2.45, 2.75) is 26.3 Å². The maximum absolute atomic E-state index is 4.83. The number of pyridine rings is 1. The van der Waals surface area contributed by atoms with E-state index >= 15 is 0 Å². The van der Waals surface area contributed by atoms with Gasteiger partial charge in [-0.2, -0.15) is 0 Å². The highest BCUT2D eigenvalue weighted by molar-refractivity contribution is 7.15. The van der Waals surface area contributed by atoms with Crippen molar-refractivity contribution in [1.29, 1.82) is 0 Å². The van der Waals surface area contributed by atoms with E-state index in [-0.39, 0.29) is 0 Å². The Labute approximate surface area is 134 Å². The van der Waals surface area contributed by atoms with Crippen molar-refractivity contribution in [1.82, 2.24) is 19.4 Å². The van der Waals surface area contributed by atoms with Crippen LogP contribution >= 0.6 is 11.3 Å². The lowest BCUT2D eigenvalue weighted by Crippen LogP contribution is -2.24. The van der Waals surface area contributed by atoms with Gasteiger partial charge in [0, 0.05) is 24.2 Å². The van der Waals surface area contributed by atoms with E-state index in [4.69, 9.17) is 4.98 Å². The van der Waals surface area contributed by atoms with Gasteiger partial charge < -0.3 is 9.47 Å². The van der Waals surface area contributed by atoms with Crippen molar-refractivity contribution in [3.63, 3.8) is 0 Å². The quantitative estimate of drug-likeness (QED) is 0.738. The van der Waals surface area contributed by atoms with Gasteiger partial charge in [-0.05, 0) is 57.1 Å². The summed E-state index contributed by atoms with van der Waals surface area (Å²) < 4.78 is 2.29. The van der Waals surface area contributed by atoms with Crippen molar-refractivity contribution < 1.29 is 0 Å². The fourth-order valence-electron chi connectivity index (χ4n) is 3.16. The Morgan fingerprint density at radius 1 is 1.14 bits per heavy atom. The van der Waals surface area contributed by atoms with E-state index in [2.05, 4.69) is 39.6 Å². The van der Waals surface area contributed by atoms with E-state index in [1.165, 1.54) is 35.7 Å². The molecule has 0 atom stereocenters. The Hall–Kier alpha value is -1.72. The fraction of sp³-hybridized carbons (Fsp3) is 0.412. The largest absolute Gasteiger partial charge is 0.307 e. The van der Waals surface area contributed by atoms with Crippen LogP contribution in [0.4, 0.5) is 0 Å². The Balaban J connectivity index is 1.72. The maximum atomic E-state index is 4.83. The molecule has 114 valence electrons. The van der Waals surface area contributed by atoms with Crippen LogP contribution in [0.3, 0.4) is 0 Å². The van der Waals surface area contributed by atoms with Crippen LogP contribution in [-0.4, -0.2) is 39.1 Å². The fourth-order valence-corrected chi connectivity index (χ4v) is 4.03. The topological polar surface area (TPSA) is 34.0 Å². The average molecular weight is 312 g/mol. The third-order valence-electron chi connectivity index (χ3n) is 4.30. The molecule has 3 aromatic rings. The lowest BCUT2D eigenvalue weighted by atomic mass is 10.4. The number of hydrogen-bond donors (Lipinski definition) is 0. The van der Waals surface area contributed by atoms with E-state index in [1.54, 1.807) is 11.3 Å². The Morgan fingerprint density at radius 2 is 2.00 bits per heavy atom. The molecule has 0 amide bonds. The molecule has 4 rings (SSSR count). The molecule has 0 spiro atoms. The van der Waals surface area contributed by atoms with Crippen molar-refractivity contribution >= 4 is 22.5 Å². The summed E-state index contributed by atoms with van der Waals surface area (Å²) in [6.45, 7) is 6.64. The number of fused-ring (bicyclic) bond motifs is 1. The molecule has 3 aromatic heterocycles. The minimum atomic E-state index is 0.958. The second-order valence-corrected chi connectivity index (χ2v) is 7.18. The molecule has 1 saturated heterocycles. The Bertz CT molecular complexity index is 783. The van der Waals surface area contributed by atoms with Gasteiger partial charge in [-0.1, -0.05) is 0 Å². The molecule has 4 nitrogen and oxygen atoms in total. The standard InChI is InChI=1S/C17H20N4S/c1-13-6-7-15(22-13)17-19-14-5-4-8-18-16(14)21(17)12-11-20-9-2-3-10-20/h4-8H,2-3,9-12H2,1H3. The SMILES string of the molecule is Cc1ccc(-c2nc3cccnc3n2CCN2CCCC2)s1. The first-order valence-corrected chi connectivity index (χ1v) is 8.73. The van der Waals surface area contributed by atoms with Crippen LogP contribution in [-0.2, 0) is 6.54 Å². The van der Waals surface area contributed by atoms with Gasteiger partial charge in [0.15, 0.2) is 11.5 Å². The molecule has 1 fully saturated rings. The number of aromatic nitrogens is 3.